The molecule has 1 aliphatic heterocycles. The molecule has 1 heterocycles. The first-order chi connectivity index (χ1) is 9.58. The van der Waals surface area contributed by atoms with Gasteiger partial charge in [-0.1, -0.05) is 29.8 Å². The van der Waals surface area contributed by atoms with E-state index in [4.69, 9.17) is 0 Å². The monoisotopic (exact) mass is 291 g/mol. The Bertz CT molecular complexity index is 433. The molecular weight excluding hydrogens is 266 g/mol. The minimum absolute atomic E-state index is 0.307. The largest absolute Gasteiger partial charge is 0.337 e. The number of benzene rings is 1. The maximum absolute atomic E-state index is 12.4. The van der Waals surface area contributed by atoms with E-state index in [-0.39, 0.29) is 0 Å². The van der Waals surface area contributed by atoms with E-state index in [1.807, 2.05) is 0 Å². The van der Waals surface area contributed by atoms with E-state index in [0.717, 1.165) is 18.6 Å². The first-order valence-electron chi connectivity index (χ1n) is 7.52. The number of thioether (sulfide) groups is 1. The minimum Gasteiger partial charge on any atom is -0.337 e. The first-order valence-corrected chi connectivity index (χ1v) is 8.68. The van der Waals surface area contributed by atoms with Crippen LogP contribution in [-0.4, -0.2) is 28.6 Å². The number of likely N-dealkylation sites (tertiary alicyclic amines) is 1. The molecule has 0 spiro atoms. The zero-order chi connectivity index (χ0) is 14.5. The molecule has 110 valence electrons. The molecular formula is C17H25NOS. The number of piperidine rings is 1. The molecule has 0 saturated carbocycles. The van der Waals surface area contributed by atoms with Crippen LogP contribution < -0.4 is 0 Å². The third-order valence-electron chi connectivity index (χ3n) is 4.10. The van der Waals surface area contributed by atoms with Gasteiger partial charge in [0.25, 0.3) is 0 Å². The highest BCUT2D eigenvalue weighted by atomic mass is 32.2. The van der Waals surface area contributed by atoms with E-state index in [1.54, 1.807) is 11.8 Å². The second kappa shape index (κ2) is 7.16. The van der Waals surface area contributed by atoms with E-state index in [9.17, 15) is 4.79 Å². The van der Waals surface area contributed by atoms with E-state index in [2.05, 4.69) is 49.9 Å². The summed E-state index contributed by atoms with van der Waals surface area (Å²) in [6.07, 6.45) is 3.56. The molecule has 1 amide bonds. The lowest BCUT2D eigenvalue weighted by Gasteiger charge is -2.39. The van der Waals surface area contributed by atoms with E-state index in [1.165, 1.54) is 17.5 Å². The molecule has 2 unspecified atom stereocenters. The predicted octanol–water partition coefficient (Wildman–Crippen LogP) is 4.02. The van der Waals surface area contributed by atoms with Gasteiger partial charge in [-0.25, -0.2) is 0 Å². The van der Waals surface area contributed by atoms with Gasteiger partial charge in [0.15, 0.2) is 0 Å². The van der Waals surface area contributed by atoms with E-state index < -0.39 is 0 Å². The molecule has 1 aromatic carbocycles. The topological polar surface area (TPSA) is 20.3 Å². The fourth-order valence-corrected chi connectivity index (χ4v) is 3.78. The van der Waals surface area contributed by atoms with Gasteiger partial charge in [-0.2, -0.15) is 0 Å². The van der Waals surface area contributed by atoms with Gasteiger partial charge in [-0.05, 0) is 45.6 Å². The molecule has 0 bridgehead atoms. The highest BCUT2D eigenvalue weighted by Crippen LogP contribution is 2.24. The molecule has 2 atom stereocenters. The molecule has 0 aromatic heterocycles. The smallest absolute Gasteiger partial charge is 0.233 e. The summed E-state index contributed by atoms with van der Waals surface area (Å²) < 4.78 is 0. The Morgan fingerprint density at radius 3 is 2.40 bits per heavy atom. The standard InChI is InChI=1S/C17H25NOS/c1-13-7-9-16(10-8-13)11-20-12-17(19)18-14(2)5-4-6-15(18)3/h7-10,14-15H,4-6,11-12H2,1-3H3. The third-order valence-corrected chi connectivity index (χ3v) is 5.08. The molecule has 20 heavy (non-hydrogen) atoms. The highest BCUT2D eigenvalue weighted by molar-refractivity contribution is 7.99. The Balaban J connectivity index is 1.81. The van der Waals surface area contributed by atoms with Gasteiger partial charge in [0, 0.05) is 17.8 Å². The van der Waals surface area contributed by atoms with Crippen LogP contribution in [0.15, 0.2) is 24.3 Å². The second-order valence-electron chi connectivity index (χ2n) is 5.91. The number of amides is 1. The Kier molecular flexibility index (Phi) is 5.53. The maximum atomic E-state index is 12.4. The first kappa shape index (κ1) is 15.4. The molecule has 1 aliphatic rings. The fraction of sp³-hybridized carbons (Fsp3) is 0.588. The van der Waals surface area contributed by atoms with Crippen LogP contribution in [0.4, 0.5) is 0 Å². The summed E-state index contributed by atoms with van der Waals surface area (Å²) in [6, 6.07) is 9.38. The zero-order valence-electron chi connectivity index (χ0n) is 12.8. The van der Waals surface area contributed by atoms with Crippen molar-refractivity contribution in [3.8, 4) is 0 Å². The molecule has 0 radical (unpaired) electrons. The van der Waals surface area contributed by atoms with Gasteiger partial charge in [-0.15, -0.1) is 11.8 Å². The van der Waals surface area contributed by atoms with Crippen molar-refractivity contribution in [3.63, 3.8) is 0 Å². The molecule has 2 rings (SSSR count). The van der Waals surface area contributed by atoms with Crippen molar-refractivity contribution in [1.82, 2.24) is 4.90 Å². The fourth-order valence-electron chi connectivity index (χ4n) is 2.93. The summed E-state index contributed by atoms with van der Waals surface area (Å²) in [7, 11) is 0. The number of hydrogen-bond donors (Lipinski definition) is 0. The Hall–Kier alpha value is -0.960. The van der Waals surface area contributed by atoms with Crippen LogP contribution in [0.2, 0.25) is 0 Å². The molecule has 3 heteroatoms. The number of hydrogen-bond acceptors (Lipinski definition) is 2. The van der Waals surface area contributed by atoms with E-state index >= 15 is 0 Å². The molecule has 0 aliphatic carbocycles. The van der Waals surface area contributed by atoms with Gasteiger partial charge in [0.1, 0.15) is 0 Å². The number of carbonyl (C=O) groups is 1. The maximum Gasteiger partial charge on any atom is 0.233 e. The molecule has 1 aromatic rings. The predicted molar refractivity (Wildman–Crippen MR) is 87.0 cm³/mol. The van der Waals surface area contributed by atoms with Crippen LogP contribution in [0.3, 0.4) is 0 Å². The van der Waals surface area contributed by atoms with Crippen LogP contribution in [0.5, 0.6) is 0 Å². The van der Waals surface area contributed by atoms with Crippen molar-refractivity contribution in [2.75, 3.05) is 5.75 Å². The van der Waals surface area contributed by atoms with Crippen LogP contribution in [-0.2, 0) is 10.5 Å². The normalized spacial score (nSPS) is 22.9. The molecule has 1 saturated heterocycles. The number of rotatable bonds is 4. The lowest BCUT2D eigenvalue weighted by Crippen LogP contribution is -2.48. The Labute approximate surface area is 126 Å². The van der Waals surface area contributed by atoms with Gasteiger partial charge in [0.2, 0.25) is 5.91 Å². The van der Waals surface area contributed by atoms with Gasteiger partial charge >= 0.3 is 0 Å². The Morgan fingerprint density at radius 1 is 1.20 bits per heavy atom. The zero-order valence-corrected chi connectivity index (χ0v) is 13.6. The summed E-state index contributed by atoms with van der Waals surface area (Å²) in [6.45, 7) is 6.45. The van der Waals surface area contributed by atoms with Gasteiger partial charge in [-0.3, -0.25) is 4.79 Å². The van der Waals surface area contributed by atoms with Gasteiger partial charge < -0.3 is 4.90 Å². The summed E-state index contributed by atoms with van der Waals surface area (Å²) >= 11 is 1.73. The molecule has 1 fully saturated rings. The number of aryl methyl sites for hydroxylation is 1. The van der Waals surface area contributed by atoms with Gasteiger partial charge in [0.05, 0.1) is 5.75 Å². The van der Waals surface area contributed by atoms with Crippen molar-refractivity contribution in [2.45, 2.75) is 57.9 Å². The highest BCUT2D eigenvalue weighted by Gasteiger charge is 2.28. The van der Waals surface area contributed by atoms with Crippen LogP contribution in [0.1, 0.15) is 44.2 Å². The van der Waals surface area contributed by atoms with Crippen LogP contribution >= 0.6 is 11.8 Å². The Morgan fingerprint density at radius 2 is 1.80 bits per heavy atom. The van der Waals surface area contributed by atoms with Crippen LogP contribution in [0, 0.1) is 6.92 Å². The number of carbonyl (C=O) groups excluding carboxylic acids is 1. The van der Waals surface area contributed by atoms with E-state index in [0.29, 0.717) is 23.7 Å². The lowest BCUT2D eigenvalue weighted by molar-refractivity contribution is -0.134. The number of nitrogens with zero attached hydrogens (tertiary/aromatic N) is 1. The average Bonchev–Trinajstić information content (AvgIpc) is 2.41. The summed E-state index contributed by atoms with van der Waals surface area (Å²) in [4.78, 5) is 14.5. The second-order valence-corrected chi connectivity index (χ2v) is 6.89. The van der Waals surface area contributed by atoms with Crippen molar-refractivity contribution >= 4 is 17.7 Å². The van der Waals surface area contributed by atoms with Crippen molar-refractivity contribution < 1.29 is 4.79 Å². The molecule has 2 nitrogen and oxygen atoms in total. The molecule has 0 N–H and O–H groups in total. The lowest BCUT2D eigenvalue weighted by atomic mass is 9.98. The summed E-state index contributed by atoms with van der Waals surface area (Å²) in [5.41, 5.74) is 2.58. The van der Waals surface area contributed by atoms with Crippen molar-refractivity contribution in [3.05, 3.63) is 35.4 Å². The third kappa shape index (κ3) is 4.02. The summed E-state index contributed by atoms with van der Waals surface area (Å²) in [5, 5.41) is 0. The SMILES string of the molecule is Cc1ccc(CSCC(=O)N2C(C)CCCC2C)cc1. The minimum atomic E-state index is 0.307. The van der Waals surface area contributed by atoms with Crippen molar-refractivity contribution in [1.29, 1.82) is 0 Å². The van der Waals surface area contributed by atoms with Crippen LogP contribution in [0.25, 0.3) is 0 Å². The quantitative estimate of drug-likeness (QED) is 0.835. The van der Waals surface area contributed by atoms with Crippen molar-refractivity contribution in [2.24, 2.45) is 0 Å². The summed E-state index contributed by atoms with van der Waals surface area (Å²) in [5.74, 6) is 1.83. The average molecular weight is 291 g/mol.